The van der Waals surface area contributed by atoms with Crippen LogP contribution in [0.1, 0.15) is 31.1 Å². The molecule has 4 atom stereocenters. The molecule has 5 rings (SSSR count). The number of alkyl carbamates (subject to hydrolysis) is 1. The van der Waals surface area contributed by atoms with Crippen LogP contribution in [0.2, 0.25) is 0 Å². The number of aromatic nitrogens is 3. The second-order valence-corrected chi connectivity index (χ2v) is 14.8. The van der Waals surface area contributed by atoms with Crippen LogP contribution in [-0.2, 0) is 48.1 Å². The third kappa shape index (κ3) is 8.24. The Hall–Kier alpha value is -3.22. The number of nitrogens with one attached hydrogen (secondary N) is 3. The van der Waals surface area contributed by atoms with E-state index in [0.717, 1.165) is 0 Å². The second kappa shape index (κ2) is 15.0. The molecular weight excluding hydrogens is 776 g/mol. The number of carboxylic acid groups (broad SMARTS) is 1. The second-order valence-electron chi connectivity index (χ2n) is 10.4. The number of carboxylic acids is 1. The van der Waals surface area contributed by atoms with E-state index in [4.69, 9.17) is 4.74 Å². The van der Waals surface area contributed by atoms with Crippen LogP contribution in [0.4, 0.5) is 4.79 Å². The van der Waals surface area contributed by atoms with E-state index >= 15 is 0 Å². The molecule has 2 aromatic carbocycles. The predicted octanol–water partition coefficient (Wildman–Crippen LogP) is 1.99. The number of amides is 3. The minimum absolute atomic E-state index is 0. The molecule has 0 bridgehead atoms. The average Bonchev–Trinajstić information content (AvgIpc) is 3.58. The number of hydrogen-bond donors (Lipinski definition) is 4. The van der Waals surface area contributed by atoms with E-state index in [9.17, 15) is 24.3 Å². The number of nitrogens with zero attached hydrogens (tertiary/aromatic N) is 3. The predicted molar refractivity (Wildman–Crippen MR) is 160 cm³/mol. The van der Waals surface area contributed by atoms with Gasteiger partial charge in [0.05, 0.1) is 18.6 Å². The van der Waals surface area contributed by atoms with Crippen molar-refractivity contribution in [3.63, 3.8) is 0 Å². The van der Waals surface area contributed by atoms with Crippen LogP contribution in [0, 0.1) is 6.20 Å². The number of ether oxygens (including phenoxy) is 1. The molecule has 3 amide bonds. The summed E-state index contributed by atoms with van der Waals surface area (Å²) >= 11 is 1.31. The van der Waals surface area contributed by atoms with Gasteiger partial charge >= 0.3 is 34.4 Å². The summed E-state index contributed by atoms with van der Waals surface area (Å²) in [4.78, 5) is 51.1. The van der Waals surface area contributed by atoms with Gasteiger partial charge in [0, 0.05) is 12.7 Å². The summed E-state index contributed by atoms with van der Waals surface area (Å²) in [5, 5.41) is 25.1. The zero-order valence-electron chi connectivity index (χ0n) is 23.8. The molecule has 3 aromatic rings. The van der Waals surface area contributed by atoms with E-state index in [1.807, 2.05) is 0 Å². The van der Waals surface area contributed by atoms with Crippen molar-refractivity contribution in [2.45, 2.75) is 48.7 Å². The van der Waals surface area contributed by atoms with Crippen LogP contribution in [-0.4, -0.2) is 84.8 Å². The van der Waals surface area contributed by atoms with Crippen LogP contribution in [0.5, 0.6) is 0 Å². The molecule has 0 unspecified atom stereocenters. The Morgan fingerprint density at radius 1 is 1.14 bits per heavy atom. The minimum Gasteiger partial charge on any atom is -0.480 e. The Morgan fingerprint density at radius 3 is 2.30 bits per heavy atom. The summed E-state index contributed by atoms with van der Waals surface area (Å²) in [6, 6.07) is 16.1. The maximum absolute atomic E-state index is 13.1. The van der Waals surface area contributed by atoms with E-state index in [-0.39, 0.29) is 36.9 Å². The molecule has 3 heterocycles. The summed E-state index contributed by atoms with van der Waals surface area (Å²) < 4.78 is 4.36. The van der Waals surface area contributed by atoms with Crippen molar-refractivity contribution in [1.82, 2.24) is 30.9 Å². The summed E-state index contributed by atoms with van der Waals surface area (Å²) in [5.41, 5.74) is 0.827. The smallest absolute Gasteiger partial charge is 0.480 e. The standard InChI is InChI=1S/C20H21N6O6S.C8H11P.Au/c1-20(2)14(18(29)30)26-16(28)13(17(26)33-20)22-15(27)12(10-6-4-3-5-7-10)23-19(31)32-9-11-8-21-25-24-11;1-9(2)8-6-4-3-5-7-8;/h3-7,12-14,17H,9H2,1-2H3,(H,22,27)(H,23,31)(H,29,30)(H,21,24,25);3-7H,1-2H3;/q-1;;+1/p+1/t12-,13-,14+,17-;;/m1../s1. The first-order valence-corrected chi connectivity index (χ1v) is 16.5. The quantitative estimate of drug-likeness (QED) is 0.115. The van der Waals surface area contributed by atoms with Crippen LogP contribution in [0.25, 0.3) is 0 Å². The van der Waals surface area contributed by atoms with Crippen molar-refractivity contribution in [2.24, 2.45) is 0 Å². The van der Waals surface area contributed by atoms with Crippen molar-refractivity contribution >= 4 is 48.9 Å². The normalized spacial score (nSPS) is 20.3. The fourth-order valence-corrected chi connectivity index (χ4v) is 7.14. The fourth-order valence-electron chi connectivity index (χ4n) is 4.66. The van der Waals surface area contributed by atoms with Crippen molar-refractivity contribution < 1.29 is 51.4 Å². The Bertz CT molecular complexity index is 1400. The van der Waals surface area contributed by atoms with Crippen LogP contribution in [0.3, 0.4) is 0 Å². The number of rotatable bonds is 8. The Balaban J connectivity index is 0.000000435. The van der Waals surface area contributed by atoms with E-state index in [2.05, 4.69) is 75.9 Å². The Labute approximate surface area is 270 Å². The first-order valence-electron chi connectivity index (χ1n) is 13.1. The minimum atomic E-state index is -1.14. The molecule has 2 saturated heterocycles. The monoisotopic (exact) mass is 809 g/mol. The summed E-state index contributed by atoms with van der Waals surface area (Å²) in [7, 11) is -0.212. The molecule has 2 aliphatic rings. The molecule has 0 radical (unpaired) electrons. The number of carbonyl (C=O) groups is 4. The summed E-state index contributed by atoms with van der Waals surface area (Å²) in [5.74, 6) is -2.19. The number of benzene rings is 2. The number of aromatic amines is 1. The summed E-state index contributed by atoms with van der Waals surface area (Å²) in [6.45, 7) is 7.93. The van der Waals surface area contributed by atoms with E-state index in [1.54, 1.807) is 44.2 Å². The number of fused-ring (bicyclic) bond motifs is 1. The van der Waals surface area contributed by atoms with Crippen LogP contribution < -0.4 is 15.9 Å². The van der Waals surface area contributed by atoms with Gasteiger partial charge in [0.25, 0.3) is 0 Å². The van der Waals surface area contributed by atoms with Gasteiger partial charge in [0.15, 0.2) is 0 Å². The fraction of sp³-hybridized carbons (Fsp3) is 0.357. The van der Waals surface area contributed by atoms with Gasteiger partial charge in [0.1, 0.15) is 30.1 Å². The van der Waals surface area contributed by atoms with Gasteiger partial charge in [-0.05, 0) is 31.5 Å². The number of H-pyrrole nitrogens is 1. The summed E-state index contributed by atoms with van der Waals surface area (Å²) in [6.07, 6.45) is 1.63. The van der Waals surface area contributed by atoms with E-state index in [0.29, 0.717) is 11.3 Å². The number of thioether (sulfide) groups is 1. The van der Waals surface area contributed by atoms with Gasteiger partial charge in [-0.3, -0.25) is 14.7 Å². The molecule has 15 heteroatoms. The Kier molecular flexibility index (Phi) is 11.9. The van der Waals surface area contributed by atoms with Gasteiger partial charge in [-0.1, -0.05) is 54.2 Å². The van der Waals surface area contributed by atoms with Crippen molar-refractivity contribution in [3.8, 4) is 0 Å². The van der Waals surface area contributed by atoms with Crippen LogP contribution >= 0.6 is 19.7 Å². The number of β-lactam (4-membered cyclic amide) rings is 1. The van der Waals surface area contributed by atoms with Gasteiger partial charge in [-0.15, -0.1) is 17.0 Å². The van der Waals surface area contributed by atoms with Crippen LogP contribution in [0.15, 0.2) is 60.7 Å². The number of carbonyl (C=O) groups excluding carboxylic acids is 3. The maximum atomic E-state index is 13.1. The van der Waals surface area contributed by atoms with Gasteiger partial charge in [-0.2, -0.15) is 0 Å². The zero-order chi connectivity index (χ0) is 30.4. The molecule has 1 aromatic heterocycles. The van der Waals surface area contributed by atoms with Gasteiger partial charge < -0.3 is 36.7 Å². The zero-order valence-corrected chi connectivity index (χ0v) is 27.8. The molecule has 4 N–H and O–H groups in total. The molecule has 43 heavy (non-hydrogen) atoms. The molecule has 12 nitrogen and oxygen atoms in total. The molecule has 2 fully saturated rings. The van der Waals surface area contributed by atoms with E-state index in [1.165, 1.54) is 22.0 Å². The molecular formula is C28H33AuN6O6PS+. The SMILES string of the molecule is CC1(C)S[C@@H]2[C@H](NC(=O)[C@H](NC(=O)OCc3[c-]nn[nH]3)c3ccccc3)C(=O)N2[C@H]1C(=O)O.C[PH+](C)c1ccccc1.[Au+]. The maximum Gasteiger partial charge on any atom is 1.00 e. The third-order valence-electron chi connectivity index (χ3n) is 6.75. The average molecular weight is 810 g/mol. The number of hydrogen-bond acceptors (Lipinski definition) is 8. The molecule has 232 valence electrons. The topological polar surface area (TPSA) is 167 Å². The molecule has 0 aliphatic carbocycles. The number of aliphatic carboxylic acids is 1. The molecule has 0 spiro atoms. The first kappa shape index (κ1) is 34.3. The van der Waals surface area contributed by atoms with Crippen molar-refractivity contribution in [1.29, 1.82) is 0 Å². The Morgan fingerprint density at radius 2 is 1.77 bits per heavy atom. The largest absolute Gasteiger partial charge is 1.00 e. The third-order valence-corrected chi connectivity index (χ3v) is 9.81. The van der Waals surface area contributed by atoms with Crippen molar-refractivity contribution in [3.05, 3.63) is 78.1 Å². The van der Waals surface area contributed by atoms with Gasteiger partial charge in [0.2, 0.25) is 11.8 Å². The van der Waals surface area contributed by atoms with Gasteiger partial charge in [-0.25, -0.2) is 9.59 Å². The first-order chi connectivity index (χ1) is 20.0. The molecule has 0 saturated carbocycles. The van der Waals surface area contributed by atoms with E-state index < -0.39 is 52.1 Å². The molecule has 2 aliphatic heterocycles. The van der Waals surface area contributed by atoms with Crippen molar-refractivity contribution in [2.75, 3.05) is 13.3 Å².